The van der Waals surface area contributed by atoms with Crippen molar-refractivity contribution in [2.24, 2.45) is 0 Å². The van der Waals surface area contributed by atoms with E-state index in [1.54, 1.807) is 18.2 Å². The highest BCUT2D eigenvalue weighted by molar-refractivity contribution is 7.52. The lowest BCUT2D eigenvalue weighted by Gasteiger charge is -2.24. The van der Waals surface area contributed by atoms with Crippen molar-refractivity contribution in [3.63, 3.8) is 0 Å². The number of pyridine rings is 1. The Morgan fingerprint density at radius 1 is 1.18 bits per heavy atom. The fraction of sp³-hybridized carbons (Fsp3) is 0.381. The van der Waals surface area contributed by atoms with Crippen molar-refractivity contribution in [1.82, 2.24) is 10.1 Å². The maximum absolute atomic E-state index is 13.3. The number of esters is 2. The average Bonchev–Trinajstić information content (AvgIpc) is 3.11. The summed E-state index contributed by atoms with van der Waals surface area (Å²) < 4.78 is 39.4. The third-order valence-corrected chi connectivity index (χ3v) is 6.37. The lowest BCUT2D eigenvalue weighted by Crippen LogP contribution is -2.37. The summed E-state index contributed by atoms with van der Waals surface area (Å²) in [6.45, 7) is 0.860. The number of para-hydroxylation sites is 1. The van der Waals surface area contributed by atoms with E-state index >= 15 is 0 Å². The molecule has 0 spiro atoms. The molecule has 0 saturated carbocycles. The highest BCUT2D eigenvalue weighted by Gasteiger charge is 2.46. The molecule has 2 heterocycles. The molecule has 1 aromatic heterocycles. The van der Waals surface area contributed by atoms with E-state index < -0.39 is 56.9 Å². The molecule has 12 nitrogen and oxygen atoms in total. The van der Waals surface area contributed by atoms with Crippen LogP contribution in [-0.4, -0.2) is 71.5 Å². The van der Waals surface area contributed by atoms with E-state index in [0.717, 1.165) is 0 Å². The summed E-state index contributed by atoms with van der Waals surface area (Å²) in [4.78, 5) is 27.8. The van der Waals surface area contributed by atoms with Gasteiger partial charge >= 0.3 is 19.7 Å². The van der Waals surface area contributed by atoms with E-state index in [0.29, 0.717) is 0 Å². The van der Waals surface area contributed by atoms with E-state index in [-0.39, 0.29) is 11.3 Å². The Hall–Kier alpha value is -2.86. The van der Waals surface area contributed by atoms with E-state index in [1.807, 2.05) is 0 Å². The number of nitrogens with one attached hydrogen (secondary N) is 1. The maximum atomic E-state index is 13.3. The Morgan fingerprint density at radius 2 is 1.91 bits per heavy atom. The Morgan fingerprint density at radius 3 is 2.56 bits per heavy atom. The van der Waals surface area contributed by atoms with Crippen LogP contribution in [0.2, 0.25) is 0 Å². The molecule has 6 atom stereocenters. The minimum absolute atomic E-state index is 0.120. The standard InChI is InChI=1S/C21H25N2O10P/c1-13(19(26)29-2)23-34(28,33-15-8-4-3-5-9-15)30-12-16-17(24)18(25)21(31-16)32-20(27)14-7-6-10-22-11-14/h3-11,13,16-18,21,24-25H,12H2,1-2H3,(H,23,28)/t13-,16+,17+,18+,21-,34+/m0/s1. The summed E-state index contributed by atoms with van der Waals surface area (Å²) in [5, 5.41) is 23.0. The van der Waals surface area contributed by atoms with Crippen molar-refractivity contribution in [3.8, 4) is 5.75 Å². The maximum Gasteiger partial charge on any atom is 0.459 e. The normalized spacial score (nSPS) is 24.6. The first-order valence-corrected chi connectivity index (χ1v) is 11.7. The Balaban J connectivity index is 1.66. The molecule has 1 fully saturated rings. The molecular weight excluding hydrogens is 471 g/mol. The molecule has 0 bridgehead atoms. The number of hydrogen-bond donors (Lipinski definition) is 3. The zero-order valence-corrected chi connectivity index (χ0v) is 19.2. The van der Waals surface area contributed by atoms with Crippen LogP contribution in [0.1, 0.15) is 17.3 Å². The van der Waals surface area contributed by atoms with E-state index in [1.165, 1.54) is 50.7 Å². The second kappa shape index (κ2) is 11.5. The summed E-state index contributed by atoms with van der Waals surface area (Å²) in [6.07, 6.45) is -3.12. The van der Waals surface area contributed by atoms with Gasteiger partial charge in [0, 0.05) is 12.4 Å². The number of benzene rings is 1. The van der Waals surface area contributed by atoms with Crippen LogP contribution in [0, 0.1) is 0 Å². The number of nitrogens with zero attached hydrogens (tertiary/aromatic N) is 1. The van der Waals surface area contributed by atoms with Gasteiger partial charge in [0.1, 0.15) is 30.1 Å². The number of methoxy groups -OCH3 is 1. The molecular formula is C21H25N2O10P. The largest absolute Gasteiger partial charge is 0.468 e. The van der Waals surface area contributed by atoms with Crippen LogP contribution < -0.4 is 9.61 Å². The molecule has 0 aliphatic carbocycles. The van der Waals surface area contributed by atoms with Crippen molar-refractivity contribution < 1.29 is 47.6 Å². The van der Waals surface area contributed by atoms with Gasteiger partial charge in [-0.15, -0.1) is 0 Å². The van der Waals surface area contributed by atoms with Gasteiger partial charge in [0.05, 0.1) is 19.3 Å². The number of ether oxygens (including phenoxy) is 3. The quantitative estimate of drug-likeness (QED) is 0.317. The number of carbonyl (C=O) groups is 2. The smallest absolute Gasteiger partial charge is 0.459 e. The van der Waals surface area contributed by atoms with Crippen molar-refractivity contribution in [1.29, 1.82) is 0 Å². The minimum atomic E-state index is -4.20. The lowest BCUT2D eigenvalue weighted by molar-refractivity contribution is -0.142. The minimum Gasteiger partial charge on any atom is -0.468 e. The van der Waals surface area contributed by atoms with E-state index in [9.17, 15) is 24.4 Å². The van der Waals surface area contributed by atoms with Gasteiger partial charge in [-0.05, 0) is 31.2 Å². The number of carbonyl (C=O) groups excluding carboxylic acids is 2. The Kier molecular flexibility index (Phi) is 8.72. The summed E-state index contributed by atoms with van der Waals surface area (Å²) >= 11 is 0. The number of hydrogen-bond acceptors (Lipinski definition) is 11. The molecule has 0 radical (unpaired) electrons. The number of rotatable bonds is 10. The fourth-order valence-electron chi connectivity index (χ4n) is 2.95. The van der Waals surface area contributed by atoms with Crippen LogP contribution in [0.3, 0.4) is 0 Å². The van der Waals surface area contributed by atoms with Crippen molar-refractivity contribution in [2.45, 2.75) is 37.6 Å². The van der Waals surface area contributed by atoms with Crippen LogP contribution in [0.15, 0.2) is 54.9 Å². The van der Waals surface area contributed by atoms with Gasteiger partial charge in [-0.25, -0.2) is 9.36 Å². The molecule has 13 heteroatoms. The number of aliphatic hydroxyl groups is 2. The van der Waals surface area contributed by atoms with Crippen molar-refractivity contribution >= 4 is 19.7 Å². The SMILES string of the molecule is COC(=O)[C@H](C)N[P@@](=O)(OC[C@H]1O[C@@H](OC(=O)c2cccnc2)[C@H](O)[C@@H]1O)Oc1ccccc1. The zero-order valence-electron chi connectivity index (χ0n) is 18.3. The molecule has 34 heavy (non-hydrogen) atoms. The first-order chi connectivity index (χ1) is 16.2. The van der Waals surface area contributed by atoms with Gasteiger partial charge in [0.15, 0.2) is 0 Å². The molecule has 2 aromatic rings. The van der Waals surface area contributed by atoms with Gasteiger partial charge < -0.3 is 28.9 Å². The molecule has 0 amide bonds. The molecule has 184 valence electrons. The molecule has 1 aliphatic rings. The van der Waals surface area contributed by atoms with Crippen LogP contribution in [-0.2, 0) is 28.1 Å². The first kappa shape index (κ1) is 25.8. The van der Waals surface area contributed by atoms with E-state index in [4.69, 9.17) is 18.5 Å². The second-order valence-corrected chi connectivity index (χ2v) is 8.94. The highest BCUT2D eigenvalue weighted by atomic mass is 31.2. The predicted molar refractivity (Wildman–Crippen MR) is 116 cm³/mol. The summed E-state index contributed by atoms with van der Waals surface area (Å²) in [5.41, 5.74) is 0.120. The molecule has 1 saturated heterocycles. The van der Waals surface area contributed by atoms with Gasteiger partial charge in [-0.1, -0.05) is 18.2 Å². The fourth-order valence-corrected chi connectivity index (χ4v) is 4.46. The van der Waals surface area contributed by atoms with Crippen LogP contribution >= 0.6 is 7.75 Å². The number of aliphatic hydroxyl groups excluding tert-OH is 2. The Labute approximate surface area is 195 Å². The molecule has 0 unspecified atom stereocenters. The summed E-state index contributed by atoms with van der Waals surface area (Å²) in [6, 6.07) is 9.99. The van der Waals surface area contributed by atoms with Crippen LogP contribution in [0.4, 0.5) is 0 Å². The third kappa shape index (κ3) is 6.60. The van der Waals surface area contributed by atoms with Crippen molar-refractivity contribution in [2.75, 3.05) is 13.7 Å². The first-order valence-electron chi connectivity index (χ1n) is 10.2. The van der Waals surface area contributed by atoms with Gasteiger partial charge in [-0.2, -0.15) is 5.09 Å². The molecule has 3 N–H and O–H groups in total. The van der Waals surface area contributed by atoms with Gasteiger partial charge in [-0.3, -0.25) is 14.3 Å². The monoisotopic (exact) mass is 496 g/mol. The second-order valence-electron chi connectivity index (χ2n) is 7.24. The predicted octanol–water partition coefficient (Wildman–Crippen LogP) is 1.04. The van der Waals surface area contributed by atoms with E-state index in [2.05, 4.69) is 14.8 Å². The zero-order chi connectivity index (χ0) is 24.7. The third-order valence-electron chi connectivity index (χ3n) is 4.72. The molecule has 1 aromatic carbocycles. The molecule has 1 aliphatic heterocycles. The number of aromatic nitrogens is 1. The average molecular weight is 496 g/mol. The summed E-state index contributed by atoms with van der Waals surface area (Å²) in [7, 11) is -3.03. The lowest BCUT2D eigenvalue weighted by atomic mass is 10.1. The molecule has 3 rings (SSSR count). The summed E-state index contributed by atoms with van der Waals surface area (Å²) in [5.74, 6) is -1.35. The highest BCUT2D eigenvalue weighted by Crippen LogP contribution is 2.45. The topological polar surface area (TPSA) is 163 Å². The Bertz CT molecular complexity index is 1010. The van der Waals surface area contributed by atoms with Gasteiger partial charge in [0.25, 0.3) is 0 Å². The van der Waals surface area contributed by atoms with Crippen molar-refractivity contribution in [3.05, 3.63) is 60.4 Å². The van der Waals surface area contributed by atoms with Crippen LogP contribution in [0.25, 0.3) is 0 Å². The van der Waals surface area contributed by atoms with Gasteiger partial charge in [0.2, 0.25) is 6.29 Å². The van der Waals surface area contributed by atoms with Crippen LogP contribution in [0.5, 0.6) is 5.75 Å².